The quantitative estimate of drug-likeness (QED) is 0.769. The first-order valence-electron chi connectivity index (χ1n) is 7.87. The average Bonchev–Trinajstić information content (AvgIpc) is 3.24. The van der Waals surface area contributed by atoms with Gasteiger partial charge in [-0.25, -0.2) is 13.4 Å². The van der Waals surface area contributed by atoms with Crippen molar-refractivity contribution < 1.29 is 13.2 Å². The van der Waals surface area contributed by atoms with Gasteiger partial charge < -0.3 is 5.32 Å². The molecule has 134 valence electrons. The van der Waals surface area contributed by atoms with Crippen LogP contribution in [0.1, 0.15) is 33.9 Å². The van der Waals surface area contributed by atoms with Crippen molar-refractivity contribution in [1.82, 2.24) is 14.6 Å². The summed E-state index contributed by atoms with van der Waals surface area (Å²) in [4.78, 5) is 16.9. The Morgan fingerprint density at radius 3 is 2.72 bits per heavy atom. The Hall–Kier alpha value is -1.29. The van der Waals surface area contributed by atoms with Crippen LogP contribution in [0.2, 0.25) is 0 Å². The van der Waals surface area contributed by atoms with E-state index in [1.54, 1.807) is 6.07 Å². The second kappa shape index (κ2) is 7.53. The molecule has 2 heterocycles. The van der Waals surface area contributed by atoms with Crippen molar-refractivity contribution in [1.29, 1.82) is 0 Å². The van der Waals surface area contributed by atoms with Gasteiger partial charge in [-0.1, -0.05) is 0 Å². The summed E-state index contributed by atoms with van der Waals surface area (Å²) < 4.78 is 27.4. The molecule has 0 unspecified atom stereocenters. The lowest BCUT2D eigenvalue weighted by Crippen LogP contribution is -2.28. The molecule has 3 rings (SSSR count). The molecule has 1 amide bonds. The largest absolute Gasteiger partial charge is 0.346 e. The van der Waals surface area contributed by atoms with Crippen molar-refractivity contribution >= 4 is 43.2 Å². The van der Waals surface area contributed by atoms with Gasteiger partial charge in [-0.15, -0.1) is 11.3 Å². The van der Waals surface area contributed by atoms with Crippen LogP contribution < -0.4 is 5.32 Å². The number of halogens is 1. The zero-order chi connectivity index (χ0) is 18.0. The Labute approximate surface area is 159 Å². The van der Waals surface area contributed by atoms with Crippen molar-refractivity contribution in [2.24, 2.45) is 0 Å². The minimum absolute atomic E-state index is 0.146. The zero-order valence-corrected chi connectivity index (χ0v) is 16.9. The average molecular weight is 444 g/mol. The molecule has 0 radical (unpaired) electrons. The fourth-order valence-electron chi connectivity index (χ4n) is 2.67. The lowest BCUT2D eigenvalue weighted by Gasteiger charge is -2.16. The van der Waals surface area contributed by atoms with Crippen molar-refractivity contribution in [3.8, 4) is 0 Å². The molecule has 2 aromatic rings. The van der Waals surface area contributed by atoms with Crippen LogP contribution in [0, 0.1) is 6.92 Å². The predicted octanol–water partition coefficient (Wildman–Crippen LogP) is 2.93. The van der Waals surface area contributed by atoms with E-state index in [1.807, 2.05) is 12.3 Å². The van der Waals surface area contributed by atoms with E-state index < -0.39 is 10.0 Å². The molecule has 1 aromatic heterocycles. The molecule has 1 saturated heterocycles. The number of carbonyl (C=O) groups excluding carboxylic acids is 1. The maximum absolute atomic E-state index is 12.7. The molecule has 0 aliphatic carbocycles. The molecule has 1 aliphatic rings. The first kappa shape index (κ1) is 18.5. The van der Waals surface area contributed by atoms with E-state index in [-0.39, 0.29) is 10.8 Å². The molecule has 25 heavy (non-hydrogen) atoms. The van der Waals surface area contributed by atoms with E-state index in [4.69, 9.17) is 0 Å². The first-order valence-corrected chi connectivity index (χ1v) is 11.0. The van der Waals surface area contributed by atoms with E-state index in [0.717, 1.165) is 23.5 Å². The Bertz CT molecular complexity index is 890. The predicted molar refractivity (Wildman–Crippen MR) is 100 cm³/mol. The van der Waals surface area contributed by atoms with Crippen LogP contribution in [-0.4, -0.2) is 36.7 Å². The molecule has 1 aromatic carbocycles. The van der Waals surface area contributed by atoms with Crippen LogP contribution in [0.25, 0.3) is 0 Å². The highest BCUT2D eigenvalue weighted by Crippen LogP contribution is 2.25. The number of amides is 1. The Balaban J connectivity index is 1.80. The molecule has 1 fully saturated rings. The Morgan fingerprint density at radius 1 is 1.36 bits per heavy atom. The first-order chi connectivity index (χ1) is 11.9. The number of aryl methyl sites for hydroxylation is 1. The van der Waals surface area contributed by atoms with Crippen molar-refractivity contribution in [3.63, 3.8) is 0 Å². The minimum Gasteiger partial charge on any atom is -0.346 e. The van der Waals surface area contributed by atoms with Crippen molar-refractivity contribution in [2.75, 3.05) is 13.1 Å². The zero-order valence-electron chi connectivity index (χ0n) is 13.7. The van der Waals surface area contributed by atoms with Crippen molar-refractivity contribution in [3.05, 3.63) is 44.3 Å². The van der Waals surface area contributed by atoms with Crippen LogP contribution in [0.5, 0.6) is 0 Å². The van der Waals surface area contributed by atoms with Crippen LogP contribution >= 0.6 is 27.3 Å². The molecular formula is C16H18BrN3O3S2. The highest BCUT2D eigenvalue weighted by atomic mass is 79.9. The fourth-order valence-corrected chi connectivity index (χ4v) is 5.26. The van der Waals surface area contributed by atoms with Gasteiger partial charge >= 0.3 is 0 Å². The van der Waals surface area contributed by atoms with Gasteiger partial charge in [-0.3, -0.25) is 4.79 Å². The molecule has 0 saturated carbocycles. The topological polar surface area (TPSA) is 79.4 Å². The summed E-state index contributed by atoms with van der Waals surface area (Å²) in [5, 5.41) is 5.61. The van der Waals surface area contributed by atoms with E-state index in [1.165, 1.54) is 27.8 Å². The van der Waals surface area contributed by atoms with E-state index >= 15 is 0 Å². The van der Waals surface area contributed by atoms with Gasteiger partial charge in [0.1, 0.15) is 0 Å². The van der Waals surface area contributed by atoms with Gasteiger partial charge in [-0.2, -0.15) is 4.31 Å². The molecule has 1 N–H and O–H groups in total. The summed E-state index contributed by atoms with van der Waals surface area (Å²) in [6, 6.07) is 4.56. The molecule has 6 nitrogen and oxygen atoms in total. The third-order valence-corrected chi connectivity index (χ3v) is 7.39. The van der Waals surface area contributed by atoms with Gasteiger partial charge in [0, 0.05) is 22.9 Å². The molecular weight excluding hydrogens is 426 g/mol. The number of hydrogen-bond donors (Lipinski definition) is 1. The van der Waals surface area contributed by atoms with Gasteiger partial charge in [-0.05, 0) is 53.9 Å². The summed E-state index contributed by atoms with van der Waals surface area (Å²) in [6.45, 7) is 3.27. The number of thiazole rings is 1. The van der Waals surface area contributed by atoms with Crippen LogP contribution in [0.3, 0.4) is 0 Å². The number of carbonyl (C=O) groups is 1. The number of hydrogen-bond acceptors (Lipinski definition) is 5. The van der Waals surface area contributed by atoms with E-state index in [9.17, 15) is 13.2 Å². The lowest BCUT2D eigenvalue weighted by molar-refractivity contribution is 0.0949. The maximum atomic E-state index is 12.7. The number of nitrogens with one attached hydrogen (secondary N) is 1. The summed E-state index contributed by atoms with van der Waals surface area (Å²) in [5.74, 6) is -0.337. The minimum atomic E-state index is -3.55. The van der Waals surface area contributed by atoms with Gasteiger partial charge in [0.2, 0.25) is 10.0 Å². The number of sulfonamides is 1. The number of rotatable bonds is 5. The smallest absolute Gasteiger partial charge is 0.252 e. The lowest BCUT2D eigenvalue weighted by atomic mass is 10.2. The number of benzene rings is 1. The van der Waals surface area contributed by atoms with E-state index in [0.29, 0.717) is 29.7 Å². The number of nitrogens with zero attached hydrogens (tertiary/aromatic N) is 2. The van der Waals surface area contributed by atoms with Crippen LogP contribution in [-0.2, 0) is 16.6 Å². The standard InChI is InChI=1S/C16H18BrN3O3S2/c1-11-19-12(10-24-11)9-18-16(21)14-8-13(4-5-15(14)17)25(22,23)20-6-2-3-7-20/h4-5,8,10H,2-3,6-7,9H2,1H3,(H,18,21). The molecule has 9 heteroatoms. The SMILES string of the molecule is Cc1nc(CNC(=O)c2cc(S(=O)(=O)N3CCCC3)ccc2Br)cs1. The van der Waals surface area contributed by atoms with Gasteiger partial charge in [0.05, 0.1) is 27.7 Å². The summed E-state index contributed by atoms with van der Waals surface area (Å²) in [7, 11) is -3.55. The highest BCUT2D eigenvalue weighted by Gasteiger charge is 2.28. The Kier molecular flexibility index (Phi) is 5.57. The number of aromatic nitrogens is 1. The fraction of sp³-hybridized carbons (Fsp3) is 0.375. The monoisotopic (exact) mass is 443 g/mol. The van der Waals surface area contributed by atoms with Crippen LogP contribution in [0.4, 0.5) is 0 Å². The summed E-state index contributed by atoms with van der Waals surface area (Å²) in [6.07, 6.45) is 1.74. The van der Waals surface area contributed by atoms with Gasteiger partial charge in [0.15, 0.2) is 0 Å². The third kappa shape index (κ3) is 4.11. The van der Waals surface area contributed by atoms with Crippen molar-refractivity contribution in [2.45, 2.75) is 31.2 Å². The summed E-state index contributed by atoms with van der Waals surface area (Å²) in [5.41, 5.74) is 1.08. The molecule has 0 spiro atoms. The molecule has 0 bridgehead atoms. The normalized spacial score (nSPS) is 15.4. The second-order valence-corrected chi connectivity index (χ2v) is 9.65. The second-order valence-electron chi connectivity index (χ2n) is 5.79. The Morgan fingerprint density at radius 2 is 2.08 bits per heavy atom. The summed E-state index contributed by atoms with van der Waals surface area (Å²) >= 11 is 4.85. The maximum Gasteiger partial charge on any atom is 0.252 e. The highest BCUT2D eigenvalue weighted by molar-refractivity contribution is 9.10. The van der Waals surface area contributed by atoms with Crippen LogP contribution in [0.15, 0.2) is 32.9 Å². The molecule has 0 atom stereocenters. The molecule has 1 aliphatic heterocycles. The van der Waals surface area contributed by atoms with E-state index in [2.05, 4.69) is 26.2 Å². The van der Waals surface area contributed by atoms with Gasteiger partial charge in [0.25, 0.3) is 5.91 Å². The third-order valence-electron chi connectivity index (χ3n) is 3.98.